The first-order valence-electron chi connectivity index (χ1n) is 13.1. The molecule has 0 bridgehead atoms. The van der Waals surface area contributed by atoms with Gasteiger partial charge in [-0.3, -0.25) is 24.9 Å². The molecule has 1 unspecified atom stereocenters. The topological polar surface area (TPSA) is 143 Å². The molecular formula is C28H24F6N6O6. The molecule has 0 aliphatic carbocycles. The molecular weight excluding hydrogens is 630 g/mol. The number of alkyl halides is 6. The Balaban J connectivity index is 1.67. The van der Waals surface area contributed by atoms with Gasteiger partial charge in [0.2, 0.25) is 6.23 Å². The smallest absolute Gasteiger partial charge is 0.430 e. The number of pyridine rings is 2. The van der Waals surface area contributed by atoms with E-state index in [0.29, 0.717) is 22.1 Å². The molecule has 46 heavy (non-hydrogen) atoms. The highest BCUT2D eigenvalue weighted by Crippen LogP contribution is 2.38. The zero-order chi connectivity index (χ0) is 33.9. The molecule has 1 atom stereocenters. The minimum absolute atomic E-state index is 0.0374. The number of ether oxygens (including phenoxy) is 2. The van der Waals surface area contributed by atoms with Crippen molar-refractivity contribution in [1.29, 1.82) is 0 Å². The Hall–Kier alpha value is -5.26. The van der Waals surface area contributed by atoms with Gasteiger partial charge in [-0.2, -0.15) is 13.2 Å². The van der Waals surface area contributed by atoms with Crippen LogP contribution >= 0.6 is 0 Å². The summed E-state index contributed by atoms with van der Waals surface area (Å²) >= 11 is 0. The number of imide groups is 1. The highest BCUT2D eigenvalue weighted by Gasteiger charge is 2.52. The van der Waals surface area contributed by atoms with Crippen molar-refractivity contribution in [2.75, 3.05) is 10.2 Å². The first-order chi connectivity index (χ1) is 21.5. The van der Waals surface area contributed by atoms with Gasteiger partial charge in [0.25, 0.3) is 11.8 Å². The number of nitrogens with one attached hydrogen (secondary N) is 2. The number of rotatable bonds is 10. The standard InChI is InChI=1S/C28H24F6N6O6/c1-26(2)23(42)40(25(44)39(26)15-16-7-10-35-11-8-16)18-5-6-20(46-28(32,33)34)19(12-18)38-21(41)22(45-24(43)27(29,30)31)37-14-17-4-3-9-36-13-17/h3-13,22,37H,14-15H2,1-2H3,(H,38,41). The van der Waals surface area contributed by atoms with Gasteiger partial charge in [-0.15, -0.1) is 13.2 Å². The molecule has 12 nitrogen and oxygen atoms in total. The van der Waals surface area contributed by atoms with Crippen LogP contribution in [0.15, 0.2) is 67.3 Å². The molecule has 4 rings (SSSR count). The Morgan fingerprint density at radius 3 is 2.26 bits per heavy atom. The average Bonchev–Trinajstić information content (AvgIpc) is 3.14. The van der Waals surface area contributed by atoms with E-state index in [0.717, 1.165) is 12.1 Å². The minimum atomic E-state index is -5.52. The lowest BCUT2D eigenvalue weighted by Crippen LogP contribution is -2.46. The number of halogens is 6. The van der Waals surface area contributed by atoms with Gasteiger partial charge in [-0.05, 0) is 61.4 Å². The second-order valence-corrected chi connectivity index (χ2v) is 10.2. The zero-order valence-corrected chi connectivity index (χ0v) is 23.8. The molecule has 0 spiro atoms. The maximum absolute atomic E-state index is 13.5. The number of carbonyl (C=O) groups excluding carboxylic acids is 4. The van der Waals surface area contributed by atoms with E-state index in [9.17, 15) is 45.5 Å². The molecule has 0 saturated carbocycles. The predicted molar refractivity (Wildman–Crippen MR) is 146 cm³/mol. The maximum Gasteiger partial charge on any atom is 0.573 e. The van der Waals surface area contributed by atoms with Crippen molar-refractivity contribution in [2.45, 2.75) is 51.2 Å². The summed E-state index contributed by atoms with van der Waals surface area (Å²) < 4.78 is 86.9. The molecule has 1 aliphatic rings. The maximum atomic E-state index is 13.5. The van der Waals surface area contributed by atoms with E-state index in [2.05, 4.69) is 24.8 Å². The SMILES string of the molecule is CC1(C)C(=O)N(c2ccc(OC(F)(F)F)c(NC(=O)C(NCc3cccnc3)OC(=O)C(F)(F)F)c2)C(=O)N1Cc1ccncc1. The summed E-state index contributed by atoms with van der Waals surface area (Å²) in [6.07, 6.45) is -7.59. The number of benzene rings is 1. The number of carbonyl (C=O) groups is 4. The van der Waals surface area contributed by atoms with Gasteiger partial charge in [0.15, 0.2) is 5.75 Å². The van der Waals surface area contributed by atoms with Gasteiger partial charge in [-0.25, -0.2) is 14.5 Å². The van der Waals surface area contributed by atoms with Crippen molar-refractivity contribution in [1.82, 2.24) is 20.2 Å². The summed E-state index contributed by atoms with van der Waals surface area (Å²) in [5, 5.41) is 4.20. The summed E-state index contributed by atoms with van der Waals surface area (Å²) in [5.41, 5.74) is -1.60. The Bertz CT molecular complexity index is 1600. The number of aromatic nitrogens is 2. The van der Waals surface area contributed by atoms with E-state index >= 15 is 0 Å². The fraction of sp³-hybridized carbons (Fsp3) is 0.286. The fourth-order valence-electron chi connectivity index (χ4n) is 4.24. The molecule has 2 N–H and O–H groups in total. The number of amides is 4. The number of nitrogens with zero attached hydrogens (tertiary/aromatic N) is 4. The van der Waals surface area contributed by atoms with E-state index in [1.165, 1.54) is 55.7 Å². The van der Waals surface area contributed by atoms with E-state index in [-0.39, 0.29) is 18.8 Å². The van der Waals surface area contributed by atoms with Crippen molar-refractivity contribution in [3.63, 3.8) is 0 Å². The monoisotopic (exact) mass is 654 g/mol. The van der Waals surface area contributed by atoms with Crippen LogP contribution in [0.1, 0.15) is 25.0 Å². The van der Waals surface area contributed by atoms with E-state index in [1.54, 1.807) is 12.1 Å². The number of esters is 1. The molecule has 2 aromatic heterocycles. The predicted octanol–water partition coefficient (Wildman–Crippen LogP) is 4.28. The van der Waals surface area contributed by atoms with Crippen LogP contribution < -0.4 is 20.3 Å². The van der Waals surface area contributed by atoms with Crippen LogP contribution in [0.5, 0.6) is 5.75 Å². The molecule has 244 valence electrons. The van der Waals surface area contributed by atoms with Crippen molar-refractivity contribution < 1.29 is 55.0 Å². The Labute approximate surface area is 256 Å². The van der Waals surface area contributed by atoms with Crippen LogP contribution in [-0.2, 0) is 32.2 Å². The quantitative estimate of drug-likeness (QED) is 0.142. The summed E-state index contributed by atoms with van der Waals surface area (Å²) in [5.74, 6) is -6.14. The summed E-state index contributed by atoms with van der Waals surface area (Å²) in [4.78, 5) is 61.1. The van der Waals surface area contributed by atoms with Crippen LogP contribution in [-0.4, -0.2) is 63.0 Å². The summed E-state index contributed by atoms with van der Waals surface area (Å²) in [6.45, 7) is 2.50. The van der Waals surface area contributed by atoms with Crippen LogP contribution in [0.2, 0.25) is 0 Å². The Morgan fingerprint density at radius 2 is 1.65 bits per heavy atom. The van der Waals surface area contributed by atoms with Gasteiger partial charge in [0, 0.05) is 37.9 Å². The van der Waals surface area contributed by atoms with Crippen molar-refractivity contribution in [3.8, 4) is 5.75 Å². The number of anilines is 2. The second-order valence-electron chi connectivity index (χ2n) is 10.2. The highest BCUT2D eigenvalue weighted by atomic mass is 19.4. The lowest BCUT2D eigenvalue weighted by molar-refractivity contribution is -0.274. The van der Waals surface area contributed by atoms with Gasteiger partial charge < -0.3 is 19.7 Å². The Kier molecular flexibility index (Phi) is 9.50. The molecule has 18 heteroatoms. The number of hydrogen-bond acceptors (Lipinski definition) is 9. The lowest BCUT2D eigenvalue weighted by atomic mass is 10.0. The van der Waals surface area contributed by atoms with Crippen LogP contribution in [0, 0.1) is 0 Å². The van der Waals surface area contributed by atoms with Crippen LogP contribution in [0.4, 0.5) is 42.5 Å². The molecule has 1 fully saturated rings. The number of hydrogen-bond donors (Lipinski definition) is 2. The Morgan fingerprint density at radius 1 is 0.957 bits per heavy atom. The molecule has 3 aromatic rings. The molecule has 1 aromatic carbocycles. The fourth-order valence-corrected chi connectivity index (χ4v) is 4.24. The van der Waals surface area contributed by atoms with Gasteiger partial charge in [0.1, 0.15) is 5.54 Å². The van der Waals surface area contributed by atoms with Crippen molar-refractivity contribution in [2.24, 2.45) is 0 Å². The third-order valence-corrected chi connectivity index (χ3v) is 6.53. The first kappa shape index (κ1) is 33.6. The van der Waals surface area contributed by atoms with Crippen molar-refractivity contribution >= 4 is 35.2 Å². The molecule has 4 amide bonds. The van der Waals surface area contributed by atoms with Gasteiger partial charge in [0.05, 0.1) is 11.4 Å². The first-order valence-corrected chi connectivity index (χ1v) is 13.1. The zero-order valence-electron chi connectivity index (χ0n) is 23.8. The van der Waals surface area contributed by atoms with E-state index in [4.69, 9.17) is 0 Å². The van der Waals surface area contributed by atoms with Crippen LogP contribution in [0.25, 0.3) is 0 Å². The largest absolute Gasteiger partial charge is 0.573 e. The normalized spacial score (nSPS) is 15.5. The third-order valence-electron chi connectivity index (χ3n) is 6.53. The average molecular weight is 655 g/mol. The highest BCUT2D eigenvalue weighted by molar-refractivity contribution is 6.23. The molecule has 0 radical (unpaired) electrons. The second kappa shape index (κ2) is 13.0. The molecule has 3 heterocycles. The van der Waals surface area contributed by atoms with E-state index < -0.39 is 59.6 Å². The van der Waals surface area contributed by atoms with Crippen molar-refractivity contribution in [3.05, 3.63) is 78.4 Å². The summed E-state index contributed by atoms with van der Waals surface area (Å²) in [7, 11) is 0. The molecule has 1 saturated heterocycles. The van der Waals surface area contributed by atoms with Crippen LogP contribution in [0.3, 0.4) is 0 Å². The van der Waals surface area contributed by atoms with Gasteiger partial charge >= 0.3 is 24.5 Å². The number of urea groups is 1. The molecule has 1 aliphatic heterocycles. The lowest BCUT2D eigenvalue weighted by Gasteiger charge is -2.27. The van der Waals surface area contributed by atoms with Gasteiger partial charge in [-0.1, -0.05) is 6.07 Å². The summed E-state index contributed by atoms with van der Waals surface area (Å²) in [6, 6.07) is 7.73. The van der Waals surface area contributed by atoms with E-state index in [1.807, 2.05) is 5.32 Å². The third kappa shape index (κ3) is 7.87. The minimum Gasteiger partial charge on any atom is -0.430 e.